The Morgan fingerprint density at radius 2 is 1.58 bits per heavy atom. The quantitative estimate of drug-likeness (QED) is 0.496. The third kappa shape index (κ3) is 5.33. The van der Waals surface area contributed by atoms with Crippen molar-refractivity contribution >= 4 is 27.9 Å². The Bertz CT molecular complexity index is 791. The van der Waals surface area contributed by atoms with Gasteiger partial charge in [0.1, 0.15) is 17.1 Å². The molecule has 0 aliphatic rings. The highest BCUT2D eigenvalue weighted by Gasteiger charge is 2.18. The van der Waals surface area contributed by atoms with Gasteiger partial charge in [-0.2, -0.15) is 0 Å². The number of halogens is 1. The molecule has 2 rings (SSSR count). The zero-order valence-corrected chi connectivity index (χ0v) is 16.8. The Labute approximate surface area is 161 Å². The molecule has 0 aliphatic carbocycles. The van der Waals surface area contributed by atoms with Gasteiger partial charge in [-0.05, 0) is 62.7 Å². The summed E-state index contributed by atoms with van der Waals surface area (Å²) in [6, 6.07) is 11.8. The number of carbonyl (C=O) groups is 2. The lowest BCUT2D eigenvalue weighted by atomic mass is 10.1. The van der Waals surface area contributed by atoms with Gasteiger partial charge in [-0.25, -0.2) is 9.59 Å². The Kier molecular flexibility index (Phi) is 6.42. The van der Waals surface area contributed by atoms with Crippen LogP contribution in [0.2, 0.25) is 0 Å². The first kappa shape index (κ1) is 20.0. The highest BCUT2D eigenvalue weighted by atomic mass is 79.9. The fourth-order valence-corrected chi connectivity index (χ4v) is 2.66. The third-order valence-corrected chi connectivity index (χ3v) is 3.96. The van der Waals surface area contributed by atoms with Crippen LogP contribution in [-0.2, 0) is 14.8 Å². The van der Waals surface area contributed by atoms with E-state index in [0.717, 1.165) is 5.56 Å². The second-order valence-corrected chi connectivity index (χ2v) is 7.13. The maximum Gasteiger partial charge on any atom is 0.338 e. The highest BCUT2D eigenvalue weighted by molar-refractivity contribution is 9.08. The summed E-state index contributed by atoms with van der Waals surface area (Å²) in [6.45, 7) is 5.45. The van der Waals surface area contributed by atoms with Gasteiger partial charge < -0.3 is 14.2 Å². The maximum atomic E-state index is 12.0. The average molecular weight is 421 g/mol. The number of carbonyl (C=O) groups excluding carboxylic acids is 2. The van der Waals surface area contributed by atoms with Gasteiger partial charge in [0.25, 0.3) is 0 Å². The second kappa shape index (κ2) is 8.36. The third-order valence-electron chi connectivity index (χ3n) is 3.36. The van der Waals surface area contributed by atoms with Crippen LogP contribution < -0.4 is 4.74 Å². The molecule has 26 heavy (non-hydrogen) atoms. The van der Waals surface area contributed by atoms with E-state index in [1.807, 2.05) is 20.8 Å². The van der Waals surface area contributed by atoms with Crippen molar-refractivity contribution in [3.8, 4) is 11.5 Å². The van der Waals surface area contributed by atoms with Crippen LogP contribution in [0.25, 0.3) is 0 Å². The van der Waals surface area contributed by atoms with E-state index in [4.69, 9.17) is 14.2 Å². The van der Waals surface area contributed by atoms with Crippen molar-refractivity contribution in [3.63, 3.8) is 0 Å². The molecule has 5 nitrogen and oxygen atoms in total. The predicted molar refractivity (Wildman–Crippen MR) is 102 cm³/mol. The van der Waals surface area contributed by atoms with Crippen LogP contribution in [0.5, 0.6) is 11.5 Å². The van der Waals surface area contributed by atoms with Crippen molar-refractivity contribution < 1.29 is 23.8 Å². The molecule has 2 aromatic rings. The molecule has 0 atom stereocenters. The maximum absolute atomic E-state index is 12.0. The van der Waals surface area contributed by atoms with Crippen LogP contribution >= 0.6 is 15.9 Å². The Morgan fingerprint density at radius 3 is 2.12 bits per heavy atom. The van der Waals surface area contributed by atoms with E-state index in [-0.39, 0.29) is 0 Å². The fraction of sp³-hybridized carbons (Fsp3) is 0.300. The molecule has 0 spiro atoms. The van der Waals surface area contributed by atoms with Gasteiger partial charge in [-0.3, -0.25) is 0 Å². The molecule has 138 valence electrons. The van der Waals surface area contributed by atoms with Gasteiger partial charge in [0, 0.05) is 5.33 Å². The molecule has 0 aliphatic heterocycles. The second-order valence-electron chi connectivity index (χ2n) is 6.57. The summed E-state index contributed by atoms with van der Waals surface area (Å²) in [4.78, 5) is 23.9. The Morgan fingerprint density at radius 1 is 0.962 bits per heavy atom. The molecule has 2 aromatic carbocycles. The van der Waals surface area contributed by atoms with E-state index in [9.17, 15) is 9.59 Å². The highest BCUT2D eigenvalue weighted by Crippen LogP contribution is 2.26. The SMILES string of the molecule is COC(=O)c1cc(Oc2ccc(C(=O)OC(C)(C)C)cc2)ccc1CBr. The molecule has 0 radical (unpaired) electrons. The topological polar surface area (TPSA) is 61.8 Å². The Hall–Kier alpha value is -2.34. The van der Waals surface area contributed by atoms with Crippen molar-refractivity contribution in [3.05, 3.63) is 59.2 Å². The number of esters is 2. The lowest BCUT2D eigenvalue weighted by molar-refractivity contribution is 0.00693. The van der Waals surface area contributed by atoms with Gasteiger partial charge in [0.05, 0.1) is 18.2 Å². The number of hydrogen-bond donors (Lipinski definition) is 0. The Balaban J connectivity index is 2.16. The van der Waals surface area contributed by atoms with E-state index in [0.29, 0.717) is 28.0 Å². The van der Waals surface area contributed by atoms with Gasteiger partial charge in [-0.15, -0.1) is 0 Å². The normalized spacial score (nSPS) is 11.0. The minimum absolute atomic E-state index is 0.390. The molecule has 0 bridgehead atoms. The summed E-state index contributed by atoms with van der Waals surface area (Å²) in [5, 5.41) is 0.530. The number of hydrogen-bond acceptors (Lipinski definition) is 5. The van der Waals surface area contributed by atoms with Crippen molar-refractivity contribution in [2.24, 2.45) is 0 Å². The lowest BCUT2D eigenvalue weighted by Gasteiger charge is -2.19. The molecule has 0 N–H and O–H groups in total. The minimum Gasteiger partial charge on any atom is -0.465 e. The molecule has 6 heteroatoms. The summed E-state index contributed by atoms with van der Waals surface area (Å²) in [6.07, 6.45) is 0. The monoisotopic (exact) mass is 420 g/mol. The smallest absolute Gasteiger partial charge is 0.338 e. The van der Waals surface area contributed by atoms with Crippen molar-refractivity contribution in [2.75, 3.05) is 7.11 Å². The van der Waals surface area contributed by atoms with Crippen LogP contribution in [0, 0.1) is 0 Å². The number of ether oxygens (including phenoxy) is 3. The number of methoxy groups -OCH3 is 1. The molecule has 0 amide bonds. The molecule has 0 unspecified atom stereocenters. The van der Waals surface area contributed by atoms with Crippen molar-refractivity contribution in [2.45, 2.75) is 31.7 Å². The minimum atomic E-state index is -0.548. The first-order chi connectivity index (χ1) is 12.2. The average Bonchev–Trinajstić information content (AvgIpc) is 2.60. The predicted octanol–water partition coefficient (Wildman–Crippen LogP) is 5.12. The first-order valence-electron chi connectivity index (χ1n) is 8.02. The van der Waals surface area contributed by atoms with Crippen molar-refractivity contribution in [1.82, 2.24) is 0 Å². The summed E-state index contributed by atoms with van der Waals surface area (Å²) in [5.74, 6) is 0.226. The van der Waals surface area contributed by atoms with Gasteiger partial charge in [0.2, 0.25) is 0 Å². The molecular weight excluding hydrogens is 400 g/mol. The fourth-order valence-electron chi connectivity index (χ4n) is 2.17. The number of alkyl halides is 1. The largest absolute Gasteiger partial charge is 0.465 e. The van der Waals surface area contributed by atoms with E-state index in [1.54, 1.807) is 42.5 Å². The summed E-state index contributed by atoms with van der Waals surface area (Å²) >= 11 is 3.35. The number of benzene rings is 2. The van der Waals surface area contributed by atoms with Gasteiger partial charge >= 0.3 is 11.9 Å². The molecule has 0 fully saturated rings. The van der Waals surface area contributed by atoms with Gasteiger partial charge in [0.15, 0.2) is 0 Å². The molecule has 0 saturated carbocycles. The summed E-state index contributed by atoms with van der Waals surface area (Å²) < 4.78 is 15.9. The van der Waals surface area contributed by atoms with Crippen LogP contribution in [0.1, 0.15) is 47.1 Å². The first-order valence-corrected chi connectivity index (χ1v) is 9.14. The van der Waals surface area contributed by atoms with Gasteiger partial charge in [-0.1, -0.05) is 22.0 Å². The van der Waals surface area contributed by atoms with E-state index >= 15 is 0 Å². The summed E-state index contributed by atoms with van der Waals surface area (Å²) in [5.41, 5.74) is 1.14. The standard InChI is InChI=1S/C20H21BrO5/c1-20(2,3)26-18(22)13-5-8-15(9-6-13)25-16-10-7-14(12-21)17(11-16)19(23)24-4/h5-11H,12H2,1-4H3. The van der Waals surface area contributed by atoms with Crippen LogP contribution in [0.3, 0.4) is 0 Å². The van der Waals surface area contributed by atoms with Crippen molar-refractivity contribution in [1.29, 1.82) is 0 Å². The molecular formula is C20H21BrO5. The van der Waals surface area contributed by atoms with E-state index in [1.165, 1.54) is 7.11 Å². The zero-order chi connectivity index (χ0) is 19.3. The van der Waals surface area contributed by atoms with E-state index < -0.39 is 17.5 Å². The zero-order valence-electron chi connectivity index (χ0n) is 15.2. The summed E-state index contributed by atoms with van der Waals surface area (Å²) in [7, 11) is 1.34. The molecule has 0 heterocycles. The molecule has 0 aromatic heterocycles. The van der Waals surface area contributed by atoms with Crippen LogP contribution in [0.4, 0.5) is 0 Å². The lowest BCUT2D eigenvalue weighted by Crippen LogP contribution is -2.23. The molecule has 0 saturated heterocycles. The number of rotatable bonds is 5. The van der Waals surface area contributed by atoms with Crippen LogP contribution in [0.15, 0.2) is 42.5 Å². The van der Waals surface area contributed by atoms with Crippen LogP contribution in [-0.4, -0.2) is 24.6 Å². The van der Waals surface area contributed by atoms with E-state index in [2.05, 4.69) is 15.9 Å².